The molecule has 26 heavy (non-hydrogen) atoms. The summed E-state index contributed by atoms with van der Waals surface area (Å²) in [4.78, 5) is 23.2. The van der Waals surface area contributed by atoms with Crippen molar-refractivity contribution in [1.29, 1.82) is 0 Å². The average molecular weight is 374 g/mol. The molecule has 0 unspecified atom stereocenters. The molecule has 0 aliphatic heterocycles. The Morgan fingerprint density at radius 3 is 2.23 bits per heavy atom. The SMILES string of the molecule is O=C(CCCCCCC(F)(F)F)NCC(=O)NCCc1ccc(O)cc1. The number of carbonyl (C=O) groups excluding carboxylic acids is 2. The van der Waals surface area contributed by atoms with E-state index in [-0.39, 0.29) is 37.0 Å². The number of nitrogens with one attached hydrogen (secondary N) is 2. The molecule has 0 aliphatic rings. The highest BCUT2D eigenvalue weighted by atomic mass is 19.4. The lowest BCUT2D eigenvalue weighted by Gasteiger charge is -2.08. The molecule has 5 nitrogen and oxygen atoms in total. The number of halogens is 3. The highest BCUT2D eigenvalue weighted by molar-refractivity contribution is 5.84. The van der Waals surface area contributed by atoms with Gasteiger partial charge in [0.25, 0.3) is 0 Å². The van der Waals surface area contributed by atoms with Crippen LogP contribution in [0.1, 0.15) is 44.1 Å². The Balaban J connectivity index is 2.02. The summed E-state index contributed by atoms with van der Waals surface area (Å²) < 4.78 is 35.9. The fourth-order valence-electron chi connectivity index (χ4n) is 2.30. The number of aromatic hydroxyl groups is 1. The van der Waals surface area contributed by atoms with Crippen molar-refractivity contribution >= 4 is 11.8 Å². The number of hydrogen-bond acceptors (Lipinski definition) is 3. The Morgan fingerprint density at radius 2 is 1.58 bits per heavy atom. The fraction of sp³-hybridized carbons (Fsp3) is 0.556. The normalized spacial score (nSPS) is 11.2. The van der Waals surface area contributed by atoms with Gasteiger partial charge in [-0.2, -0.15) is 13.2 Å². The van der Waals surface area contributed by atoms with Crippen molar-refractivity contribution in [3.8, 4) is 5.75 Å². The number of phenols is 1. The van der Waals surface area contributed by atoms with E-state index in [2.05, 4.69) is 10.6 Å². The van der Waals surface area contributed by atoms with Gasteiger partial charge in [-0.25, -0.2) is 0 Å². The maximum atomic E-state index is 12.0. The van der Waals surface area contributed by atoms with Crippen LogP contribution in [0.4, 0.5) is 13.2 Å². The topological polar surface area (TPSA) is 78.4 Å². The molecule has 0 fully saturated rings. The van der Waals surface area contributed by atoms with Crippen LogP contribution in [0.3, 0.4) is 0 Å². The van der Waals surface area contributed by atoms with Gasteiger partial charge in [0.1, 0.15) is 5.75 Å². The number of amides is 2. The third kappa shape index (κ3) is 11.3. The third-order valence-corrected chi connectivity index (χ3v) is 3.73. The summed E-state index contributed by atoms with van der Waals surface area (Å²) in [5.74, 6) is -0.405. The summed E-state index contributed by atoms with van der Waals surface area (Å²) in [6.07, 6.45) is -2.52. The van der Waals surface area contributed by atoms with E-state index in [0.717, 1.165) is 5.56 Å². The minimum absolute atomic E-state index is 0.0779. The van der Waals surface area contributed by atoms with Gasteiger partial charge in [0.05, 0.1) is 6.54 Å². The smallest absolute Gasteiger partial charge is 0.389 e. The van der Waals surface area contributed by atoms with Gasteiger partial charge in [0.2, 0.25) is 11.8 Å². The second-order valence-corrected chi connectivity index (χ2v) is 6.07. The number of hydrogen-bond donors (Lipinski definition) is 3. The van der Waals surface area contributed by atoms with Crippen LogP contribution in [0.5, 0.6) is 5.75 Å². The summed E-state index contributed by atoms with van der Waals surface area (Å²) in [5.41, 5.74) is 0.970. The number of phenolic OH excluding ortho intramolecular Hbond substituents is 1. The number of rotatable bonds is 11. The molecule has 0 spiro atoms. The average Bonchev–Trinajstić information content (AvgIpc) is 2.57. The second-order valence-electron chi connectivity index (χ2n) is 6.07. The Kier molecular flexibility index (Phi) is 9.54. The molecule has 0 saturated heterocycles. The molecule has 0 heterocycles. The van der Waals surface area contributed by atoms with Gasteiger partial charge in [-0.15, -0.1) is 0 Å². The number of benzene rings is 1. The molecular weight excluding hydrogens is 349 g/mol. The fourth-order valence-corrected chi connectivity index (χ4v) is 2.30. The van der Waals surface area contributed by atoms with Crippen LogP contribution in [0, 0.1) is 0 Å². The zero-order valence-electron chi connectivity index (χ0n) is 14.6. The standard InChI is InChI=1S/C18H25F3N2O3/c19-18(20,21)11-4-2-1-3-5-16(25)23-13-17(26)22-12-10-14-6-8-15(24)9-7-14/h6-9,24H,1-5,10-13H2,(H,22,26)(H,23,25). The summed E-state index contributed by atoms with van der Waals surface area (Å²) >= 11 is 0. The Bertz CT molecular complexity index is 560. The Hall–Kier alpha value is -2.25. The summed E-state index contributed by atoms with van der Waals surface area (Å²) in [6, 6.07) is 6.66. The van der Waals surface area contributed by atoms with Gasteiger partial charge in [-0.3, -0.25) is 9.59 Å². The third-order valence-electron chi connectivity index (χ3n) is 3.73. The lowest BCUT2D eigenvalue weighted by molar-refractivity contribution is -0.135. The van der Waals surface area contributed by atoms with Crippen molar-refractivity contribution in [3.05, 3.63) is 29.8 Å². The highest BCUT2D eigenvalue weighted by Gasteiger charge is 2.25. The van der Waals surface area contributed by atoms with E-state index in [0.29, 0.717) is 32.2 Å². The van der Waals surface area contributed by atoms with Crippen LogP contribution in [-0.2, 0) is 16.0 Å². The number of alkyl halides is 3. The van der Waals surface area contributed by atoms with Crippen LogP contribution in [0.15, 0.2) is 24.3 Å². The molecule has 0 radical (unpaired) electrons. The van der Waals surface area contributed by atoms with E-state index in [1.54, 1.807) is 24.3 Å². The molecule has 1 aromatic rings. The molecule has 0 aromatic heterocycles. The van der Waals surface area contributed by atoms with Gasteiger partial charge < -0.3 is 15.7 Å². The molecule has 3 N–H and O–H groups in total. The zero-order valence-corrected chi connectivity index (χ0v) is 14.6. The largest absolute Gasteiger partial charge is 0.508 e. The van der Waals surface area contributed by atoms with E-state index >= 15 is 0 Å². The second kappa shape index (κ2) is 11.4. The lowest BCUT2D eigenvalue weighted by Crippen LogP contribution is -2.37. The first-order valence-corrected chi connectivity index (χ1v) is 8.64. The molecule has 0 bridgehead atoms. The molecule has 1 rings (SSSR count). The van der Waals surface area contributed by atoms with Crippen LogP contribution >= 0.6 is 0 Å². The van der Waals surface area contributed by atoms with Gasteiger partial charge >= 0.3 is 6.18 Å². The number of unbranched alkanes of at least 4 members (excludes halogenated alkanes) is 3. The summed E-state index contributed by atoms with van der Waals surface area (Å²) in [7, 11) is 0. The van der Waals surface area contributed by atoms with E-state index in [1.165, 1.54) is 0 Å². The van der Waals surface area contributed by atoms with Crippen molar-refractivity contribution in [2.45, 2.75) is 51.1 Å². The molecule has 8 heteroatoms. The highest BCUT2D eigenvalue weighted by Crippen LogP contribution is 2.22. The minimum atomic E-state index is -4.12. The van der Waals surface area contributed by atoms with Gasteiger partial charge in [0, 0.05) is 19.4 Å². The van der Waals surface area contributed by atoms with E-state index in [1.807, 2.05) is 0 Å². The zero-order chi connectivity index (χ0) is 19.4. The molecule has 0 aliphatic carbocycles. The minimum Gasteiger partial charge on any atom is -0.508 e. The molecular formula is C18H25F3N2O3. The Labute approximate surface area is 151 Å². The van der Waals surface area contributed by atoms with Crippen molar-refractivity contribution in [1.82, 2.24) is 10.6 Å². The maximum absolute atomic E-state index is 12.0. The van der Waals surface area contributed by atoms with Crippen molar-refractivity contribution in [2.75, 3.05) is 13.1 Å². The first-order valence-electron chi connectivity index (χ1n) is 8.64. The van der Waals surface area contributed by atoms with Crippen LogP contribution in [-0.4, -0.2) is 36.2 Å². The van der Waals surface area contributed by atoms with Gasteiger partial charge in [0.15, 0.2) is 0 Å². The summed E-state index contributed by atoms with van der Waals surface area (Å²) in [6.45, 7) is 0.293. The first-order chi connectivity index (χ1) is 12.3. The molecule has 146 valence electrons. The molecule has 2 amide bonds. The van der Waals surface area contributed by atoms with Crippen molar-refractivity contribution in [3.63, 3.8) is 0 Å². The first kappa shape index (κ1) is 21.8. The van der Waals surface area contributed by atoms with Crippen LogP contribution in [0.2, 0.25) is 0 Å². The molecule has 0 atom stereocenters. The monoisotopic (exact) mass is 374 g/mol. The van der Waals surface area contributed by atoms with Crippen molar-refractivity contribution in [2.24, 2.45) is 0 Å². The molecule has 0 saturated carbocycles. The van der Waals surface area contributed by atoms with Gasteiger partial charge in [-0.1, -0.05) is 25.0 Å². The van der Waals surface area contributed by atoms with E-state index in [4.69, 9.17) is 0 Å². The van der Waals surface area contributed by atoms with Crippen molar-refractivity contribution < 1.29 is 27.9 Å². The van der Waals surface area contributed by atoms with E-state index in [9.17, 15) is 27.9 Å². The quantitative estimate of drug-likeness (QED) is 0.521. The molecule has 1 aromatic carbocycles. The number of carbonyl (C=O) groups is 2. The maximum Gasteiger partial charge on any atom is 0.389 e. The Morgan fingerprint density at radius 1 is 0.923 bits per heavy atom. The predicted molar refractivity (Wildman–Crippen MR) is 91.6 cm³/mol. The summed E-state index contributed by atoms with van der Waals surface area (Å²) in [5, 5.41) is 14.3. The van der Waals surface area contributed by atoms with Gasteiger partial charge in [-0.05, 0) is 37.0 Å². The lowest BCUT2D eigenvalue weighted by atomic mass is 10.1. The predicted octanol–water partition coefficient (Wildman–Crippen LogP) is 3.07. The van der Waals surface area contributed by atoms with Crippen LogP contribution in [0.25, 0.3) is 0 Å². The van der Waals surface area contributed by atoms with E-state index < -0.39 is 12.6 Å². The van der Waals surface area contributed by atoms with Crippen LogP contribution < -0.4 is 10.6 Å².